The zero-order valence-corrected chi connectivity index (χ0v) is 11.2. The van der Waals surface area contributed by atoms with Crippen LogP contribution >= 0.6 is 0 Å². The molecule has 0 amide bonds. The van der Waals surface area contributed by atoms with Gasteiger partial charge >= 0.3 is 0 Å². The first kappa shape index (κ1) is 11.8. The maximum atomic E-state index is 5.45. The summed E-state index contributed by atoms with van der Waals surface area (Å²) >= 11 is 0. The average Bonchev–Trinajstić information content (AvgIpc) is 3.17. The number of aromatic nitrogens is 4. The van der Waals surface area contributed by atoms with Gasteiger partial charge in [-0.1, -0.05) is 0 Å². The molecular formula is C16H12N4O. The molecule has 0 fully saturated rings. The van der Waals surface area contributed by atoms with Crippen molar-refractivity contribution in [3.63, 3.8) is 0 Å². The van der Waals surface area contributed by atoms with Crippen LogP contribution in [0, 0.1) is 0 Å². The van der Waals surface area contributed by atoms with E-state index >= 15 is 0 Å². The Morgan fingerprint density at radius 1 is 1.05 bits per heavy atom. The predicted octanol–water partition coefficient (Wildman–Crippen LogP) is 3.13. The summed E-state index contributed by atoms with van der Waals surface area (Å²) in [5.41, 5.74) is 2.66. The molecule has 4 rings (SSSR count). The van der Waals surface area contributed by atoms with E-state index in [1.54, 1.807) is 24.9 Å². The van der Waals surface area contributed by atoms with E-state index in [0.717, 1.165) is 28.3 Å². The van der Waals surface area contributed by atoms with Crippen LogP contribution in [0.2, 0.25) is 0 Å². The van der Waals surface area contributed by atoms with Gasteiger partial charge in [0, 0.05) is 24.2 Å². The lowest BCUT2D eigenvalue weighted by Crippen LogP contribution is -2.02. The van der Waals surface area contributed by atoms with Crippen LogP contribution in [0.15, 0.2) is 65.7 Å². The van der Waals surface area contributed by atoms with Gasteiger partial charge in [0.25, 0.3) is 0 Å². The second-order valence-corrected chi connectivity index (χ2v) is 4.69. The molecule has 0 spiro atoms. The van der Waals surface area contributed by atoms with Crippen LogP contribution in [0.5, 0.6) is 0 Å². The van der Waals surface area contributed by atoms with Crippen molar-refractivity contribution >= 4 is 11.2 Å². The van der Waals surface area contributed by atoms with Crippen LogP contribution in [0.3, 0.4) is 0 Å². The summed E-state index contributed by atoms with van der Waals surface area (Å²) in [5, 5.41) is 0. The van der Waals surface area contributed by atoms with E-state index in [-0.39, 0.29) is 0 Å². The van der Waals surface area contributed by atoms with E-state index in [4.69, 9.17) is 4.42 Å². The fraction of sp³-hybridized carbons (Fsp3) is 0.0625. The van der Waals surface area contributed by atoms with E-state index in [1.807, 2.05) is 41.0 Å². The summed E-state index contributed by atoms with van der Waals surface area (Å²) in [6, 6.07) is 11.6. The fourth-order valence-electron chi connectivity index (χ4n) is 2.38. The third-order valence-corrected chi connectivity index (χ3v) is 3.32. The monoisotopic (exact) mass is 276 g/mol. The Morgan fingerprint density at radius 2 is 2.00 bits per heavy atom. The average molecular weight is 276 g/mol. The number of pyridine rings is 2. The number of imidazole rings is 1. The van der Waals surface area contributed by atoms with E-state index in [1.165, 1.54) is 0 Å². The molecule has 0 bridgehead atoms. The van der Waals surface area contributed by atoms with Crippen molar-refractivity contribution in [2.45, 2.75) is 6.54 Å². The summed E-state index contributed by atoms with van der Waals surface area (Å²) in [4.78, 5) is 13.3. The molecule has 4 aromatic heterocycles. The Bertz CT molecular complexity index is 866. The second-order valence-electron chi connectivity index (χ2n) is 4.69. The summed E-state index contributed by atoms with van der Waals surface area (Å²) in [6.45, 7) is 0.588. The molecule has 5 nitrogen and oxygen atoms in total. The normalized spacial score (nSPS) is 11.0. The molecule has 21 heavy (non-hydrogen) atoms. The van der Waals surface area contributed by atoms with Gasteiger partial charge in [0.2, 0.25) is 0 Å². The van der Waals surface area contributed by atoms with Crippen molar-refractivity contribution in [2.75, 3.05) is 0 Å². The van der Waals surface area contributed by atoms with Gasteiger partial charge in [0.1, 0.15) is 17.1 Å². The molecule has 0 radical (unpaired) electrons. The minimum atomic E-state index is 0.588. The molecule has 0 aliphatic heterocycles. The SMILES string of the molecule is c1cncc(-c2nc3cccnc3n2Cc2ccco2)c1. The van der Waals surface area contributed by atoms with Crippen LogP contribution in [0.4, 0.5) is 0 Å². The number of hydrogen-bond donors (Lipinski definition) is 0. The first-order chi connectivity index (χ1) is 10.4. The molecule has 0 aliphatic rings. The highest BCUT2D eigenvalue weighted by Crippen LogP contribution is 2.24. The van der Waals surface area contributed by atoms with Gasteiger partial charge in [-0.15, -0.1) is 0 Å². The van der Waals surface area contributed by atoms with Crippen molar-refractivity contribution in [2.24, 2.45) is 0 Å². The van der Waals surface area contributed by atoms with E-state index in [2.05, 4.69) is 15.0 Å². The molecule has 0 unspecified atom stereocenters. The van der Waals surface area contributed by atoms with Crippen molar-refractivity contribution in [1.82, 2.24) is 19.5 Å². The predicted molar refractivity (Wildman–Crippen MR) is 78.6 cm³/mol. The summed E-state index contributed by atoms with van der Waals surface area (Å²) in [7, 11) is 0. The topological polar surface area (TPSA) is 56.7 Å². The van der Waals surface area contributed by atoms with Crippen molar-refractivity contribution in [1.29, 1.82) is 0 Å². The Morgan fingerprint density at radius 3 is 2.81 bits per heavy atom. The number of hydrogen-bond acceptors (Lipinski definition) is 4. The molecule has 102 valence electrons. The second kappa shape index (κ2) is 4.86. The molecule has 0 aromatic carbocycles. The first-order valence-corrected chi connectivity index (χ1v) is 6.66. The largest absolute Gasteiger partial charge is 0.467 e. The van der Waals surface area contributed by atoms with Crippen molar-refractivity contribution < 1.29 is 4.42 Å². The summed E-state index contributed by atoms with van der Waals surface area (Å²) in [5.74, 6) is 1.71. The quantitative estimate of drug-likeness (QED) is 0.577. The minimum absolute atomic E-state index is 0.588. The van der Waals surface area contributed by atoms with Crippen molar-refractivity contribution in [3.8, 4) is 11.4 Å². The Labute approximate surface area is 120 Å². The smallest absolute Gasteiger partial charge is 0.160 e. The Kier molecular flexibility index (Phi) is 2.74. The highest BCUT2D eigenvalue weighted by molar-refractivity contribution is 5.76. The fourth-order valence-corrected chi connectivity index (χ4v) is 2.38. The molecule has 4 heterocycles. The Hall–Kier alpha value is -2.95. The first-order valence-electron chi connectivity index (χ1n) is 6.66. The third kappa shape index (κ3) is 2.08. The number of furan rings is 1. The van der Waals surface area contributed by atoms with Gasteiger partial charge in [-0.2, -0.15) is 0 Å². The van der Waals surface area contributed by atoms with Gasteiger partial charge in [-0.3, -0.25) is 4.98 Å². The molecule has 4 aromatic rings. The highest BCUT2D eigenvalue weighted by Gasteiger charge is 2.14. The molecule has 0 saturated heterocycles. The van der Waals surface area contributed by atoms with Gasteiger partial charge in [-0.25, -0.2) is 9.97 Å². The van der Waals surface area contributed by atoms with E-state index < -0.39 is 0 Å². The van der Waals surface area contributed by atoms with E-state index in [0.29, 0.717) is 6.54 Å². The maximum absolute atomic E-state index is 5.45. The van der Waals surface area contributed by atoms with Crippen LogP contribution in [-0.2, 0) is 6.54 Å². The zero-order chi connectivity index (χ0) is 14.1. The van der Waals surface area contributed by atoms with Crippen molar-refractivity contribution in [3.05, 3.63) is 67.0 Å². The number of rotatable bonds is 3. The van der Waals surface area contributed by atoms with Crippen LogP contribution in [-0.4, -0.2) is 19.5 Å². The van der Waals surface area contributed by atoms with Gasteiger partial charge in [0.15, 0.2) is 5.65 Å². The molecule has 5 heteroatoms. The summed E-state index contributed by atoms with van der Waals surface area (Å²) in [6.07, 6.45) is 7.00. The molecule has 0 atom stereocenters. The van der Waals surface area contributed by atoms with Crippen LogP contribution < -0.4 is 0 Å². The molecule has 0 aliphatic carbocycles. The van der Waals surface area contributed by atoms with Crippen LogP contribution in [0.25, 0.3) is 22.6 Å². The van der Waals surface area contributed by atoms with Gasteiger partial charge in [-0.05, 0) is 36.4 Å². The van der Waals surface area contributed by atoms with Gasteiger partial charge in [0.05, 0.1) is 12.8 Å². The van der Waals surface area contributed by atoms with Gasteiger partial charge < -0.3 is 8.98 Å². The summed E-state index contributed by atoms with van der Waals surface area (Å²) < 4.78 is 7.50. The molecule has 0 N–H and O–H groups in total. The maximum Gasteiger partial charge on any atom is 0.160 e. The zero-order valence-electron chi connectivity index (χ0n) is 11.2. The lowest BCUT2D eigenvalue weighted by molar-refractivity contribution is 0.496. The standard InChI is InChI=1S/C16H12N4O/c1-4-12(10-17-7-1)15-19-14-6-2-8-18-16(14)20(15)11-13-5-3-9-21-13/h1-10H,11H2. The molecule has 0 saturated carbocycles. The lowest BCUT2D eigenvalue weighted by Gasteiger charge is -2.06. The highest BCUT2D eigenvalue weighted by atomic mass is 16.3. The number of fused-ring (bicyclic) bond motifs is 1. The third-order valence-electron chi connectivity index (χ3n) is 3.32. The lowest BCUT2D eigenvalue weighted by atomic mass is 10.2. The van der Waals surface area contributed by atoms with E-state index in [9.17, 15) is 0 Å². The minimum Gasteiger partial charge on any atom is -0.467 e. The Balaban J connectivity index is 1.93. The van der Waals surface area contributed by atoms with Crippen LogP contribution in [0.1, 0.15) is 5.76 Å². The number of nitrogens with zero attached hydrogens (tertiary/aromatic N) is 4. The molecular weight excluding hydrogens is 264 g/mol.